The van der Waals surface area contributed by atoms with Crippen molar-refractivity contribution >= 4 is 48.2 Å². The Hall–Kier alpha value is -0.460. The van der Waals surface area contributed by atoms with Crippen LogP contribution in [0.25, 0.3) is 0 Å². The van der Waals surface area contributed by atoms with E-state index in [1.165, 1.54) is 17.1 Å². The van der Waals surface area contributed by atoms with Gasteiger partial charge in [-0.25, -0.2) is 0 Å². The number of nitrogens with zero attached hydrogens (tertiary/aromatic N) is 1. The summed E-state index contributed by atoms with van der Waals surface area (Å²) in [6.07, 6.45) is 1.58. The van der Waals surface area contributed by atoms with Crippen molar-refractivity contribution in [1.29, 1.82) is 0 Å². The minimum Gasteiger partial charge on any atom is -0.324 e. The highest BCUT2D eigenvalue weighted by Gasteiger charge is 2.27. The van der Waals surface area contributed by atoms with E-state index in [9.17, 15) is 4.79 Å². The van der Waals surface area contributed by atoms with Crippen LogP contribution in [0.4, 0.5) is 5.69 Å². The van der Waals surface area contributed by atoms with Crippen LogP contribution in [0.2, 0.25) is 0 Å². The third kappa shape index (κ3) is 6.99. The molecule has 0 bridgehead atoms. The van der Waals surface area contributed by atoms with Crippen molar-refractivity contribution < 1.29 is 4.79 Å². The number of carbonyl (C=O) groups excluding carboxylic acids is 1. The van der Waals surface area contributed by atoms with Crippen molar-refractivity contribution in [3.8, 4) is 0 Å². The van der Waals surface area contributed by atoms with Crippen molar-refractivity contribution in [2.75, 3.05) is 29.9 Å². The molecular formula is C18H31Cl2N3OS. The van der Waals surface area contributed by atoms with Gasteiger partial charge in [-0.3, -0.25) is 9.69 Å². The number of thioether (sulfide) groups is 1. The van der Waals surface area contributed by atoms with Crippen LogP contribution >= 0.6 is 36.6 Å². The van der Waals surface area contributed by atoms with Crippen molar-refractivity contribution in [1.82, 2.24) is 4.90 Å². The van der Waals surface area contributed by atoms with Gasteiger partial charge in [-0.1, -0.05) is 25.5 Å². The highest BCUT2D eigenvalue weighted by Crippen LogP contribution is 2.23. The molecule has 1 amide bonds. The summed E-state index contributed by atoms with van der Waals surface area (Å²) in [4.78, 5) is 14.9. The Balaban J connectivity index is 0.00000288. The summed E-state index contributed by atoms with van der Waals surface area (Å²) in [5.41, 5.74) is 8.62. The SMILES string of the molecule is CCCC(C)(N)C(=O)Nc1cccc(CN2CCSCC2)c1C.Cl.Cl. The second kappa shape index (κ2) is 11.3. The molecule has 0 aromatic heterocycles. The van der Waals surface area contributed by atoms with Crippen LogP contribution in [0.5, 0.6) is 0 Å². The van der Waals surface area contributed by atoms with Crippen LogP contribution in [0.15, 0.2) is 18.2 Å². The molecule has 2 rings (SSSR count). The highest BCUT2D eigenvalue weighted by molar-refractivity contribution is 7.99. The summed E-state index contributed by atoms with van der Waals surface area (Å²) in [5, 5.41) is 3.03. The monoisotopic (exact) mass is 407 g/mol. The first kappa shape index (κ1) is 24.5. The minimum absolute atomic E-state index is 0. The Labute approximate surface area is 168 Å². The predicted molar refractivity (Wildman–Crippen MR) is 114 cm³/mol. The van der Waals surface area contributed by atoms with E-state index in [2.05, 4.69) is 23.2 Å². The van der Waals surface area contributed by atoms with Crippen LogP contribution in [-0.4, -0.2) is 40.9 Å². The highest BCUT2D eigenvalue weighted by atomic mass is 35.5. The zero-order chi connectivity index (χ0) is 16.9. The molecule has 0 saturated carbocycles. The van der Waals surface area contributed by atoms with Crippen molar-refractivity contribution in [3.05, 3.63) is 29.3 Å². The van der Waals surface area contributed by atoms with Gasteiger partial charge in [-0.05, 0) is 37.5 Å². The molecule has 1 aliphatic heterocycles. The maximum atomic E-state index is 12.4. The maximum Gasteiger partial charge on any atom is 0.244 e. The molecule has 1 unspecified atom stereocenters. The molecule has 3 N–H and O–H groups in total. The van der Waals surface area contributed by atoms with Gasteiger partial charge in [0.15, 0.2) is 0 Å². The summed E-state index contributed by atoms with van der Waals surface area (Å²) in [6.45, 7) is 9.15. The van der Waals surface area contributed by atoms with Crippen LogP contribution in [-0.2, 0) is 11.3 Å². The number of carbonyl (C=O) groups is 1. The third-order valence-electron chi connectivity index (χ3n) is 4.48. The number of rotatable bonds is 6. The number of anilines is 1. The van der Waals surface area contributed by atoms with Crippen molar-refractivity contribution in [2.45, 2.75) is 45.7 Å². The second-order valence-electron chi connectivity index (χ2n) is 6.60. The number of halogens is 2. The molecule has 25 heavy (non-hydrogen) atoms. The lowest BCUT2D eigenvalue weighted by Crippen LogP contribution is -2.48. The summed E-state index contributed by atoms with van der Waals surface area (Å²) in [6, 6.07) is 6.13. The lowest BCUT2D eigenvalue weighted by atomic mass is 9.96. The summed E-state index contributed by atoms with van der Waals surface area (Å²) >= 11 is 2.02. The molecule has 1 aliphatic rings. The average molecular weight is 408 g/mol. The van der Waals surface area contributed by atoms with Crippen LogP contribution in [0.3, 0.4) is 0 Å². The molecule has 1 heterocycles. The number of benzene rings is 1. The molecule has 1 aromatic carbocycles. The van der Waals surface area contributed by atoms with Gasteiger partial charge in [0.2, 0.25) is 5.91 Å². The maximum absolute atomic E-state index is 12.4. The van der Waals surface area contributed by atoms with Crippen LogP contribution in [0, 0.1) is 6.92 Å². The Morgan fingerprint density at radius 1 is 1.32 bits per heavy atom. The van der Waals surface area contributed by atoms with E-state index in [4.69, 9.17) is 5.73 Å². The predicted octanol–water partition coefficient (Wildman–Crippen LogP) is 3.84. The summed E-state index contributed by atoms with van der Waals surface area (Å²) < 4.78 is 0. The number of nitrogens with one attached hydrogen (secondary N) is 1. The van der Waals surface area contributed by atoms with Gasteiger partial charge in [0.05, 0.1) is 5.54 Å². The van der Waals surface area contributed by atoms with E-state index in [-0.39, 0.29) is 30.7 Å². The largest absolute Gasteiger partial charge is 0.324 e. The number of nitrogens with two attached hydrogens (primary N) is 1. The first-order chi connectivity index (χ1) is 10.9. The fraction of sp³-hybridized carbons (Fsp3) is 0.611. The third-order valence-corrected chi connectivity index (χ3v) is 5.42. The normalized spacial score (nSPS) is 17.0. The number of hydrogen-bond donors (Lipinski definition) is 2. The molecule has 7 heteroatoms. The average Bonchev–Trinajstić information content (AvgIpc) is 2.52. The number of hydrogen-bond acceptors (Lipinski definition) is 4. The Bertz CT molecular complexity index is 549. The fourth-order valence-corrected chi connectivity index (χ4v) is 3.87. The molecule has 0 radical (unpaired) electrons. The lowest BCUT2D eigenvalue weighted by Gasteiger charge is -2.27. The van der Waals surface area contributed by atoms with Crippen LogP contribution in [0.1, 0.15) is 37.8 Å². The molecule has 1 atom stereocenters. The number of amides is 1. The van der Waals surface area contributed by atoms with Gasteiger partial charge in [-0.15, -0.1) is 24.8 Å². The van der Waals surface area contributed by atoms with E-state index in [0.717, 1.165) is 37.3 Å². The van der Waals surface area contributed by atoms with E-state index in [0.29, 0.717) is 6.42 Å². The van der Waals surface area contributed by atoms with Crippen molar-refractivity contribution in [3.63, 3.8) is 0 Å². The Morgan fingerprint density at radius 2 is 1.96 bits per heavy atom. The molecule has 144 valence electrons. The summed E-state index contributed by atoms with van der Waals surface area (Å²) in [5.74, 6) is 2.31. The molecule has 0 spiro atoms. The first-order valence-corrected chi connectivity index (χ1v) is 9.58. The van der Waals surface area contributed by atoms with Gasteiger partial charge in [0.25, 0.3) is 0 Å². The molecular weight excluding hydrogens is 377 g/mol. The van der Waals surface area contributed by atoms with E-state index in [1.54, 1.807) is 6.92 Å². The lowest BCUT2D eigenvalue weighted by molar-refractivity contribution is -0.120. The standard InChI is InChI=1S/C18H29N3OS.2ClH/c1-4-8-18(3,19)17(22)20-16-7-5-6-15(14(16)2)13-21-9-11-23-12-10-21;;/h5-7H,4,8-13,19H2,1-3H3,(H,20,22);2*1H. The molecule has 1 fully saturated rings. The minimum atomic E-state index is -0.818. The zero-order valence-electron chi connectivity index (χ0n) is 15.3. The van der Waals surface area contributed by atoms with Gasteiger partial charge in [0.1, 0.15) is 0 Å². The summed E-state index contributed by atoms with van der Waals surface area (Å²) in [7, 11) is 0. The first-order valence-electron chi connectivity index (χ1n) is 8.43. The zero-order valence-corrected chi connectivity index (χ0v) is 17.8. The molecule has 1 saturated heterocycles. The van der Waals surface area contributed by atoms with Gasteiger partial charge in [0, 0.05) is 36.8 Å². The van der Waals surface area contributed by atoms with Crippen molar-refractivity contribution in [2.24, 2.45) is 5.73 Å². The molecule has 4 nitrogen and oxygen atoms in total. The van der Waals surface area contributed by atoms with E-state index < -0.39 is 5.54 Å². The van der Waals surface area contributed by atoms with E-state index >= 15 is 0 Å². The van der Waals surface area contributed by atoms with Gasteiger partial charge in [-0.2, -0.15) is 11.8 Å². The van der Waals surface area contributed by atoms with Gasteiger partial charge < -0.3 is 11.1 Å². The fourth-order valence-electron chi connectivity index (χ4n) is 2.89. The Morgan fingerprint density at radius 3 is 2.56 bits per heavy atom. The van der Waals surface area contributed by atoms with Gasteiger partial charge >= 0.3 is 0 Å². The topological polar surface area (TPSA) is 58.4 Å². The van der Waals surface area contributed by atoms with E-state index in [1.807, 2.05) is 30.8 Å². The molecule has 0 aliphatic carbocycles. The smallest absolute Gasteiger partial charge is 0.244 e. The quantitative estimate of drug-likeness (QED) is 0.751. The van der Waals surface area contributed by atoms with Crippen LogP contribution < -0.4 is 11.1 Å². The second-order valence-corrected chi connectivity index (χ2v) is 7.82. The Kier molecular flexibility index (Phi) is 11.1. The molecule has 1 aromatic rings.